The Morgan fingerprint density at radius 3 is 1.43 bits per heavy atom. The minimum Gasteiger partial charge on any atom is -0.394 e. The number of carbonyl (C=O) groups is 2. The van der Waals surface area contributed by atoms with Gasteiger partial charge in [0.25, 0.3) is 0 Å². The summed E-state index contributed by atoms with van der Waals surface area (Å²) in [5.41, 5.74) is 0. The highest BCUT2D eigenvalue weighted by Gasteiger charge is 2.55. The fourth-order valence-electron chi connectivity index (χ4n) is 6.60. The maximum Gasteiger partial charge on any atom is 0.217 e. The van der Waals surface area contributed by atoms with Gasteiger partial charge in [0.05, 0.1) is 38.6 Å². The molecule has 0 radical (unpaired) electrons. The SMILES string of the molecule is CC(=O)NC1[C@H](O[C@@H]2C(CO)O[C@@H](C)C(NC(C)=O)[C@H]2O)OC(CO)[C@@H](O[C@@H]2OC(CO)[C@@H](O)[C@H](O[C@H]3O[C@@H](CO)C(O)C(O)C3O)C2O)[C@@H]1O. The van der Waals surface area contributed by atoms with E-state index in [-0.39, 0.29) is 0 Å². The van der Waals surface area contributed by atoms with Crippen LogP contribution in [0.3, 0.4) is 0 Å². The molecule has 22 heteroatoms. The first kappa shape index (κ1) is 42.0. The largest absolute Gasteiger partial charge is 0.394 e. The Balaban J connectivity index is 1.56. The van der Waals surface area contributed by atoms with Crippen molar-refractivity contribution in [2.45, 2.75) is 143 Å². The Labute approximate surface area is 291 Å². The summed E-state index contributed by atoms with van der Waals surface area (Å²) in [6, 6.07) is -2.54. The highest BCUT2D eigenvalue weighted by atomic mass is 16.8. The number of amides is 2. The van der Waals surface area contributed by atoms with E-state index in [4.69, 9.17) is 33.2 Å². The Kier molecular flexibility index (Phi) is 14.8. The van der Waals surface area contributed by atoms with Crippen molar-refractivity contribution in [1.82, 2.24) is 10.6 Å². The zero-order valence-corrected chi connectivity index (χ0v) is 28.0. The minimum absolute atomic E-state index is 0.500. The topological polar surface area (TPSA) is 345 Å². The van der Waals surface area contributed by atoms with Crippen LogP contribution in [0.1, 0.15) is 20.8 Å². The monoisotopic (exact) mass is 746 g/mol. The minimum atomic E-state index is -2.01. The molecule has 13 N–H and O–H groups in total. The molecule has 0 bridgehead atoms. The summed E-state index contributed by atoms with van der Waals surface area (Å²) in [4.78, 5) is 24.0. The van der Waals surface area contributed by atoms with Gasteiger partial charge in [-0.05, 0) is 6.92 Å². The maximum atomic E-state index is 12.3. The molecule has 2 amide bonds. The van der Waals surface area contributed by atoms with E-state index in [2.05, 4.69) is 10.6 Å². The van der Waals surface area contributed by atoms with Crippen molar-refractivity contribution in [2.24, 2.45) is 0 Å². The van der Waals surface area contributed by atoms with Gasteiger partial charge < -0.3 is 100.0 Å². The molecule has 51 heavy (non-hydrogen) atoms. The number of rotatable bonds is 12. The Morgan fingerprint density at radius 1 is 0.490 bits per heavy atom. The number of nitrogens with one attached hydrogen (secondary N) is 2. The van der Waals surface area contributed by atoms with Crippen LogP contribution in [0.25, 0.3) is 0 Å². The zero-order valence-electron chi connectivity index (χ0n) is 28.0. The molecule has 0 saturated carbocycles. The first-order valence-electron chi connectivity index (χ1n) is 16.4. The van der Waals surface area contributed by atoms with Crippen molar-refractivity contribution >= 4 is 11.8 Å². The van der Waals surface area contributed by atoms with Crippen molar-refractivity contribution in [3.8, 4) is 0 Å². The lowest BCUT2D eigenvalue weighted by Gasteiger charge is -2.50. The third-order valence-corrected chi connectivity index (χ3v) is 9.28. The number of hydrogen-bond donors (Lipinski definition) is 13. The summed E-state index contributed by atoms with van der Waals surface area (Å²) in [7, 11) is 0. The molecule has 0 spiro atoms. The molecule has 0 aliphatic carbocycles. The van der Waals surface area contributed by atoms with Crippen LogP contribution in [0.5, 0.6) is 0 Å². The molecule has 22 nitrogen and oxygen atoms in total. The van der Waals surface area contributed by atoms with Crippen LogP contribution in [0.2, 0.25) is 0 Å². The van der Waals surface area contributed by atoms with E-state index in [0.717, 1.165) is 6.92 Å². The number of carbonyl (C=O) groups excluding carboxylic acids is 2. The summed E-state index contributed by atoms with van der Waals surface area (Å²) in [5, 5.41) is 120. The molecule has 4 heterocycles. The van der Waals surface area contributed by atoms with Gasteiger partial charge >= 0.3 is 0 Å². The standard InChI is InChI=1S/C29H50N2O20/c1-8-15(30-9(2)36)19(40)24(13(6-34)45-8)49-27-16(31-10(3)37)20(41)25(14(7-35)48-27)50-29-23(44)26(18(39)12(5-33)47-29)51-28-22(43)21(42)17(38)11(4-32)46-28/h8,11-29,32-35,38-44H,4-7H2,1-3H3,(H,30,36)(H,31,37)/t8-,11-,12?,13?,14?,15?,16?,17?,18+,19+,20+,21?,22?,23?,24+,25+,26-,27-,28+,29-/m0/s1. The highest BCUT2D eigenvalue weighted by Crippen LogP contribution is 2.34. The average Bonchev–Trinajstić information content (AvgIpc) is 3.09. The lowest BCUT2D eigenvalue weighted by molar-refractivity contribution is -0.378. The summed E-state index contributed by atoms with van der Waals surface area (Å²) in [5.74, 6) is -1.20. The van der Waals surface area contributed by atoms with Gasteiger partial charge in [0, 0.05) is 13.8 Å². The molecule has 0 aromatic rings. The predicted octanol–water partition coefficient (Wildman–Crippen LogP) is -8.39. The van der Waals surface area contributed by atoms with Gasteiger partial charge in [0.1, 0.15) is 91.5 Å². The number of aliphatic hydroxyl groups excluding tert-OH is 11. The summed E-state index contributed by atoms with van der Waals surface area (Å²) < 4.78 is 39.8. The molecule has 0 aromatic carbocycles. The van der Waals surface area contributed by atoms with E-state index < -0.39 is 161 Å². The van der Waals surface area contributed by atoms with E-state index in [1.54, 1.807) is 6.92 Å². The fourth-order valence-corrected chi connectivity index (χ4v) is 6.60. The van der Waals surface area contributed by atoms with Crippen molar-refractivity contribution < 1.29 is 98.9 Å². The van der Waals surface area contributed by atoms with E-state index in [0.29, 0.717) is 0 Å². The van der Waals surface area contributed by atoms with E-state index in [1.165, 1.54) is 6.92 Å². The first-order chi connectivity index (χ1) is 24.1. The van der Waals surface area contributed by atoms with Crippen molar-refractivity contribution in [1.29, 1.82) is 0 Å². The first-order valence-corrected chi connectivity index (χ1v) is 16.4. The second-order valence-electron chi connectivity index (χ2n) is 12.9. The zero-order chi connectivity index (χ0) is 37.9. The second-order valence-corrected chi connectivity index (χ2v) is 12.9. The quantitative estimate of drug-likeness (QED) is 0.0881. The number of ether oxygens (including phenoxy) is 7. The maximum absolute atomic E-state index is 12.3. The molecule has 9 unspecified atom stereocenters. The normalized spacial score (nSPS) is 47.8. The molecule has 20 atom stereocenters. The van der Waals surface area contributed by atoms with Crippen LogP contribution in [-0.2, 0) is 42.7 Å². The van der Waals surface area contributed by atoms with Gasteiger partial charge in [-0.3, -0.25) is 9.59 Å². The van der Waals surface area contributed by atoms with Gasteiger partial charge in [-0.1, -0.05) is 0 Å². The van der Waals surface area contributed by atoms with Crippen LogP contribution in [-0.4, -0.2) is 217 Å². The third kappa shape index (κ3) is 9.13. The highest BCUT2D eigenvalue weighted by molar-refractivity contribution is 5.73. The van der Waals surface area contributed by atoms with Gasteiger partial charge in [0.2, 0.25) is 11.8 Å². The van der Waals surface area contributed by atoms with Crippen molar-refractivity contribution in [2.75, 3.05) is 26.4 Å². The number of aliphatic hydroxyl groups is 11. The van der Waals surface area contributed by atoms with Crippen LogP contribution < -0.4 is 10.6 Å². The lowest BCUT2D eigenvalue weighted by Crippen LogP contribution is -2.70. The van der Waals surface area contributed by atoms with Crippen molar-refractivity contribution in [3.63, 3.8) is 0 Å². The second kappa shape index (κ2) is 18.0. The van der Waals surface area contributed by atoms with E-state index >= 15 is 0 Å². The molecular formula is C29H50N2O20. The van der Waals surface area contributed by atoms with E-state index in [9.17, 15) is 65.8 Å². The van der Waals surface area contributed by atoms with E-state index in [1.807, 2.05) is 0 Å². The van der Waals surface area contributed by atoms with Gasteiger partial charge in [-0.25, -0.2) is 0 Å². The molecule has 4 aliphatic heterocycles. The van der Waals surface area contributed by atoms with Gasteiger partial charge in [-0.15, -0.1) is 0 Å². The fraction of sp³-hybridized carbons (Fsp3) is 0.931. The van der Waals surface area contributed by atoms with Crippen LogP contribution in [0.15, 0.2) is 0 Å². The summed E-state index contributed by atoms with van der Waals surface area (Å²) in [6.45, 7) is 0.642. The molecule has 4 fully saturated rings. The smallest absolute Gasteiger partial charge is 0.217 e. The van der Waals surface area contributed by atoms with Gasteiger partial charge in [0.15, 0.2) is 18.9 Å². The molecule has 296 valence electrons. The van der Waals surface area contributed by atoms with Crippen LogP contribution >= 0.6 is 0 Å². The Bertz CT molecular complexity index is 1140. The summed E-state index contributed by atoms with van der Waals surface area (Å²) >= 11 is 0. The third-order valence-electron chi connectivity index (χ3n) is 9.28. The Hall–Kier alpha value is -1.78. The predicted molar refractivity (Wildman–Crippen MR) is 161 cm³/mol. The lowest BCUT2D eigenvalue weighted by atomic mass is 9.92. The van der Waals surface area contributed by atoms with Gasteiger partial charge in [-0.2, -0.15) is 0 Å². The number of hydrogen-bond acceptors (Lipinski definition) is 20. The van der Waals surface area contributed by atoms with Crippen LogP contribution in [0.4, 0.5) is 0 Å². The summed E-state index contributed by atoms with van der Waals surface area (Å²) in [6.07, 6.45) is -29.4. The molecule has 4 rings (SSSR count). The molecular weight excluding hydrogens is 696 g/mol. The molecule has 0 aromatic heterocycles. The van der Waals surface area contributed by atoms with Crippen molar-refractivity contribution in [3.05, 3.63) is 0 Å². The molecule has 4 saturated heterocycles. The Morgan fingerprint density at radius 2 is 0.902 bits per heavy atom. The molecule has 4 aliphatic rings. The average molecular weight is 747 g/mol. The van der Waals surface area contributed by atoms with Crippen LogP contribution in [0, 0.1) is 0 Å².